The maximum Gasteiger partial charge on any atom is 0.323 e. The molecule has 0 radical (unpaired) electrons. The molecule has 18 heavy (non-hydrogen) atoms. The lowest BCUT2D eigenvalue weighted by Crippen LogP contribution is -2.54. The van der Waals surface area contributed by atoms with Gasteiger partial charge in [-0.2, -0.15) is 0 Å². The van der Waals surface area contributed by atoms with E-state index in [9.17, 15) is 14.7 Å². The summed E-state index contributed by atoms with van der Waals surface area (Å²) in [6, 6.07) is -0.347. The van der Waals surface area contributed by atoms with E-state index in [0.717, 1.165) is 0 Å². The van der Waals surface area contributed by atoms with E-state index >= 15 is 0 Å². The minimum absolute atomic E-state index is 0.347. The average molecular weight is 259 g/mol. The maximum absolute atomic E-state index is 11.6. The monoisotopic (exact) mass is 259 g/mol. The smallest absolute Gasteiger partial charge is 0.323 e. The lowest BCUT2D eigenvalue weighted by Gasteiger charge is -2.37. The number of β-amino-alcohol motifs (C(OH)–C–C–N with tert-alkyl or cyclic N) is 1. The van der Waals surface area contributed by atoms with Gasteiger partial charge in [0.2, 0.25) is 0 Å². The summed E-state index contributed by atoms with van der Waals surface area (Å²) in [5.41, 5.74) is -0.742. The minimum Gasteiger partial charge on any atom is -0.480 e. The second kappa shape index (κ2) is 6.01. The number of nitrogens with one attached hydrogen (secondary N) is 1. The highest BCUT2D eigenvalue weighted by atomic mass is 16.4. The number of rotatable bonds is 4. The first-order valence-electron chi connectivity index (χ1n) is 5.97. The van der Waals surface area contributed by atoms with Gasteiger partial charge >= 0.3 is 12.0 Å². The quantitative estimate of drug-likeness (QED) is 0.612. The van der Waals surface area contributed by atoms with Crippen LogP contribution < -0.4 is 5.32 Å². The van der Waals surface area contributed by atoms with E-state index in [1.165, 1.54) is 0 Å². The summed E-state index contributed by atoms with van der Waals surface area (Å²) in [5.74, 6) is -1.05. The van der Waals surface area contributed by atoms with Crippen molar-refractivity contribution in [2.24, 2.45) is 0 Å². The van der Waals surface area contributed by atoms with Crippen LogP contribution in [0.4, 0.5) is 4.79 Å². The SMILES string of the molecule is CC(C)(O)CN1CCN(C(=O)NCC(=O)O)CC1. The van der Waals surface area contributed by atoms with Crippen LogP contribution >= 0.6 is 0 Å². The Morgan fingerprint density at radius 2 is 1.78 bits per heavy atom. The number of piperazine rings is 1. The Labute approximate surface area is 106 Å². The van der Waals surface area contributed by atoms with Gasteiger partial charge < -0.3 is 20.4 Å². The Morgan fingerprint density at radius 3 is 2.22 bits per heavy atom. The Balaban J connectivity index is 2.30. The number of nitrogens with zero attached hydrogens (tertiary/aromatic N) is 2. The molecule has 3 N–H and O–H groups in total. The molecule has 0 atom stereocenters. The van der Waals surface area contributed by atoms with Crippen LogP contribution in [0.5, 0.6) is 0 Å². The highest BCUT2D eigenvalue weighted by Crippen LogP contribution is 2.08. The lowest BCUT2D eigenvalue weighted by atomic mass is 10.1. The zero-order valence-corrected chi connectivity index (χ0v) is 10.8. The highest BCUT2D eigenvalue weighted by molar-refractivity contribution is 5.80. The summed E-state index contributed by atoms with van der Waals surface area (Å²) in [6.07, 6.45) is 0. The first-order chi connectivity index (χ1) is 8.28. The van der Waals surface area contributed by atoms with Gasteiger partial charge in [0.1, 0.15) is 6.54 Å². The molecule has 1 fully saturated rings. The minimum atomic E-state index is -1.05. The second-order valence-corrected chi connectivity index (χ2v) is 5.13. The van der Waals surface area contributed by atoms with Gasteiger partial charge in [-0.1, -0.05) is 0 Å². The molecule has 1 aliphatic rings. The Morgan fingerprint density at radius 1 is 1.22 bits per heavy atom. The normalized spacial score (nSPS) is 17.6. The molecule has 1 aliphatic heterocycles. The summed E-state index contributed by atoms with van der Waals surface area (Å²) in [5, 5.41) is 20.5. The predicted octanol–water partition coefficient (Wildman–Crippen LogP) is -0.831. The van der Waals surface area contributed by atoms with Gasteiger partial charge in [0.25, 0.3) is 0 Å². The molecular weight excluding hydrogens is 238 g/mol. The maximum atomic E-state index is 11.6. The van der Waals surface area contributed by atoms with E-state index in [-0.39, 0.29) is 12.6 Å². The van der Waals surface area contributed by atoms with E-state index in [1.807, 2.05) is 0 Å². The van der Waals surface area contributed by atoms with E-state index in [1.54, 1.807) is 18.7 Å². The third kappa shape index (κ3) is 5.33. The molecule has 7 nitrogen and oxygen atoms in total. The fraction of sp³-hybridized carbons (Fsp3) is 0.818. The zero-order valence-electron chi connectivity index (χ0n) is 10.8. The van der Waals surface area contributed by atoms with E-state index in [4.69, 9.17) is 5.11 Å². The first-order valence-corrected chi connectivity index (χ1v) is 5.97. The third-order valence-corrected chi connectivity index (χ3v) is 2.66. The highest BCUT2D eigenvalue weighted by Gasteiger charge is 2.24. The molecule has 1 heterocycles. The van der Waals surface area contributed by atoms with Crippen molar-refractivity contribution >= 4 is 12.0 Å². The van der Waals surface area contributed by atoms with Gasteiger partial charge in [-0.05, 0) is 13.8 Å². The molecule has 0 saturated carbocycles. The number of aliphatic hydroxyl groups is 1. The van der Waals surface area contributed by atoms with Crippen molar-refractivity contribution < 1.29 is 19.8 Å². The van der Waals surface area contributed by atoms with Crippen molar-refractivity contribution in [1.29, 1.82) is 0 Å². The number of hydrogen-bond acceptors (Lipinski definition) is 4. The molecule has 0 unspecified atom stereocenters. The largest absolute Gasteiger partial charge is 0.480 e. The molecule has 0 aromatic heterocycles. The summed E-state index contributed by atoms with van der Waals surface area (Å²) in [7, 11) is 0. The Kier molecular flexibility index (Phi) is 4.92. The first kappa shape index (κ1) is 14.7. The fourth-order valence-electron chi connectivity index (χ4n) is 1.92. The average Bonchev–Trinajstić information content (AvgIpc) is 2.24. The number of carbonyl (C=O) groups excluding carboxylic acids is 1. The molecule has 1 rings (SSSR count). The van der Waals surface area contributed by atoms with Gasteiger partial charge in [0.05, 0.1) is 5.60 Å². The molecule has 0 bridgehead atoms. The van der Waals surface area contributed by atoms with Crippen molar-refractivity contribution in [3.05, 3.63) is 0 Å². The number of urea groups is 1. The van der Waals surface area contributed by atoms with Crippen LogP contribution in [0.1, 0.15) is 13.8 Å². The summed E-state index contributed by atoms with van der Waals surface area (Å²) in [4.78, 5) is 25.6. The molecule has 0 spiro atoms. The third-order valence-electron chi connectivity index (χ3n) is 2.66. The molecule has 7 heteroatoms. The van der Waals surface area contributed by atoms with E-state index in [0.29, 0.717) is 32.7 Å². The number of hydrogen-bond donors (Lipinski definition) is 3. The van der Waals surface area contributed by atoms with Crippen LogP contribution in [-0.2, 0) is 4.79 Å². The van der Waals surface area contributed by atoms with E-state index < -0.39 is 11.6 Å². The van der Waals surface area contributed by atoms with Crippen LogP contribution in [0, 0.1) is 0 Å². The Bertz CT molecular complexity index is 306. The zero-order chi connectivity index (χ0) is 13.8. The van der Waals surface area contributed by atoms with Gasteiger partial charge in [0.15, 0.2) is 0 Å². The van der Waals surface area contributed by atoms with Crippen LogP contribution in [0.25, 0.3) is 0 Å². The summed E-state index contributed by atoms with van der Waals surface area (Å²) in [6.45, 7) is 6.16. The van der Waals surface area contributed by atoms with Gasteiger partial charge in [0, 0.05) is 32.7 Å². The van der Waals surface area contributed by atoms with Gasteiger partial charge in [-0.15, -0.1) is 0 Å². The molecule has 104 valence electrons. The van der Waals surface area contributed by atoms with Gasteiger partial charge in [-0.25, -0.2) is 4.79 Å². The molecule has 0 aliphatic carbocycles. The van der Waals surface area contributed by atoms with Crippen molar-refractivity contribution in [2.75, 3.05) is 39.3 Å². The van der Waals surface area contributed by atoms with Crippen LogP contribution in [0.15, 0.2) is 0 Å². The number of carboxylic acids is 1. The molecule has 2 amide bonds. The molecule has 1 saturated heterocycles. The number of carboxylic acid groups (broad SMARTS) is 1. The second-order valence-electron chi connectivity index (χ2n) is 5.13. The number of carbonyl (C=O) groups is 2. The van der Waals surface area contributed by atoms with Crippen LogP contribution in [-0.4, -0.2) is 76.9 Å². The van der Waals surface area contributed by atoms with Crippen molar-refractivity contribution in [2.45, 2.75) is 19.4 Å². The van der Waals surface area contributed by atoms with Crippen molar-refractivity contribution in [1.82, 2.24) is 15.1 Å². The van der Waals surface area contributed by atoms with Gasteiger partial charge in [-0.3, -0.25) is 9.69 Å². The topological polar surface area (TPSA) is 93.1 Å². The standard InChI is InChI=1S/C11H21N3O4/c1-11(2,18)8-13-3-5-14(6-4-13)10(17)12-7-9(15)16/h18H,3-8H2,1-2H3,(H,12,17)(H,15,16). The Hall–Kier alpha value is -1.34. The molecule has 0 aromatic rings. The lowest BCUT2D eigenvalue weighted by molar-refractivity contribution is -0.135. The summed E-state index contributed by atoms with van der Waals surface area (Å²) >= 11 is 0. The predicted molar refractivity (Wildman–Crippen MR) is 65.3 cm³/mol. The van der Waals surface area contributed by atoms with E-state index in [2.05, 4.69) is 10.2 Å². The molecular formula is C11H21N3O4. The number of aliphatic carboxylic acids is 1. The molecule has 0 aromatic carbocycles. The van der Waals surface area contributed by atoms with Crippen molar-refractivity contribution in [3.63, 3.8) is 0 Å². The fourth-order valence-corrected chi connectivity index (χ4v) is 1.92. The number of amides is 2. The van der Waals surface area contributed by atoms with Crippen molar-refractivity contribution in [3.8, 4) is 0 Å². The summed E-state index contributed by atoms with van der Waals surface area (Å²) < 4.78 is 0. The van der Waals surface area contributed by atoms with Crippen LogP contribution in [0.2, 0.25) is 0 Å². The van der Waals surface area contributed by atoms with Crippen LogP contribution in [0.3, 0.4) is 0 Å².